The summed E-state index contributed by atoms with van der Waals surface area (Å²) < 4.78 is 7.03. The Kier molecular flexibility index (Phi) is 5.70. The van der Waals surface area contributed by atoms with Crippen LogP contribution in [0.5, 0.6) is 5.75 Å². The minimum absolute atomic E-state index is 0.0269. The number of carbonyl (C=O) groups is 1. The molecule has 0 radical (unpaired) electrons. The van der Waals surface area contributed by atoms with E-state index in [0.717, 1.165) is 54.7 Å². The van der Waals surface area contributed by atoms with Gasteiger partial charge in [-0.25, -0.2) is 9.67 Å². The lowest BCUT2D eigenvalue weighted by atomic mass is 10.2. The molecule has 1 fully saturated rings. The number of aryl methyl sites for hydroxylation is 2. The van der Waals surface area contributed by atoms with E-state index in [9.17, 15) is 4.79 Å². The Morgan fingerprint density at radius 1 is 1.00 bits per heavy atom. The van der Waals surface area contributed by atoms with E-state index >= 15 is 0 Å². The number of hydrogen-bond acceptors (Lipinski definition) is 5. The Bertz CT molecular complexity index is 1010. The summed E-state index contributed by atoms with van der Waals surface area (Å²) in [6, 6.07) is 13.8. The van der Waals surface area contributed by atoms with Crippen molar-refractivity contribution in [2.24, 2.45) is 0 Å². The average Bonchev–Trinajstić information content (AvgIpc) is 2.96. The van der Waals surface area contributed by atoms with Crippen LogP contribution in [0.2, 0.25) is 0 Å². The number of amides is 1. The Balaban J connectivity index is 1.42. The highest BCUT2D eigenvalue weighted by molar-refractivity contribution is 5.94. The zero-order valence-corrected chi connectivity index (χ0v) is 17.7. The first-order chi connectivity index (χ1) is 14.5. The lowest BCUT2D eigenvalue weighted by molar-refractivity contribution is 0.0766. The monoisotopic (exact) mass is 405 g/mol. The molecule has 156 valence electrons. The van der Waals surface area contributed by atoms with Gasteiger partial charge in [0.2, 0.25) is 0 Å². The summed E-state index contributed by atoms with van der Waals surface area (Å²) in [5.74, 6) is 1.60. The van der Waals surface area contributed by atoms with Crippen molar-refractivity contribution in [2.75, 3.05) is 38.2 Å². The molecule has 3 aromatic rings. The number of ether oxygens (including phenoxy) is 1. The minimum Gasteiger partial charge on any atom is -0.497 e. The number of nitrogens with zero attached hydrogens (tertiary/aromatic N) is 5. The number of hydrogen-bond donors (Lipinski definition) is 0. The van der Waals surface area contributed by atoms with Crippen LogP contribution < -0.4 is 9.64 Å². The van der Waals surface area contributed by atoms with Gasteiger partial charge in [0.1, 0.15) is 5.75 Å². The maximum atomic E-state index is 13.0. The topological polar surface area (TPSA) is 63.5 Å². The van der Waals surface area contributed by atoms with Crippen molar-refractivity contribution in [3.8, 4) is 11.6 Å². The zero-order valence-electron chi connectivity index (χ0n) is 17.7. The van der Waals surface area contributed by atoms with E-state index in [1.807, 2.05) is 49.1 Å². The molecule has 1 aliphatic rings. The molecule has 7 nitrogen and oxygen atoms in total. The highest BCUT2D eigenvalue weighted by Gasteiger charge is 2.21. The van der Waals surface area contributed by atoms with Crippen LogP contribution in [0.25, 0.3) is 5.82 Å². The number of rotatable bonds is 4. The van der Waals surface area contributed by atoms with Crippen molar-refractivity contribution in [2.45, 2.75) is 20.3 Å². The molecule has 0 saturated carbocycles. The minimum atomic E-state index is 0.0269. The van der Waals surface area contributed by atoms with Crippen molar-refractivity contribution >= 4 is 11.6 Å². The van der Waals surface area contributed by atoms with Gasteiger partial charge in [-0.2, -0.15) is 5.10 Å². The smallest absolute Gasteiger partial charge is 0.255 e. The van der Waals surface area contributed by atoms with E-state index in [2.05, 4.69) is 27.1 Å². The fraction of sp³-hybridized carbons (Fsp3) is 0.348. The molecule has 1 amide bonds. The van der Waals surface area contributed by atoms with Crippen molar-refractivity contribution in [3.05, 3.63) is 65.6 Å². The van der Waals surface area contributed by atoms with Crippen LogP contribution in [0.15, 0.2) is 48.7 Å². The van der Waals surface area contributed by atoms with Gasteiger partial charge in [0.05, 0.1) is 18.4 Å². The molecule has 7 heteroatoms. The van der Waals surface area contributed by atoms with Gasteiger partial charge in [0.15, 0.2) is 5.82 Å². The predicted molar refractivity (Wildman–Crippen MR) is 117 cm³/mol. The van der Waals surface area contributed by atoms with Crippen LogP contribution in [-0.2, 0) is 0 Å². The Hall–Kier alpha value is -3.35. The van der Waals surface area contributed by atoms with Crippen molar-refractivity contribution < 1.29 is 9.53 Å². The normalized spacial score (nSPS) is 14.5. The van der Waals surface area contributed by atoms with E-state index in [1.165, 1.54) is 0 Å². The number of benzene rings is 1. The average molecular weight is 406 g/mol. The molecule has 1 saturated heterocycles. The van der Waals surface area contributed by atoms with Crippen LogP contribution in [0.3, 0.4) is 0 Å². The first-order valence-electron chi connectivity index (χ1n) is 10.2. The lowest BCUT2D eigenvalue weighted by Crippen LogP contribution is -2.35. The summed E-state index contributed by atoms with van der Waals surface area (Å²) in [4.78, 5) is 21.7. The molecule has 0 unspecified atom stereocenters. The molecule has 30 heavy (non-hydrogen) atoms. The predicted octanol–water partition coefficient (Wildman–Crippen LogP) is 3.25. The molecular formula is C23H27N5O2. The molecule has 0 aliphatic carbocycles. The van der Waals surface area contributed by atoms with Crippen molar-refractivity contribution in [3.63, 3.8) is 0 Å². The molecule has 0 bridgehead atoms. The van der Waals surface area contributed by atoms with Gasteiger partial charge in [-0.05, 0) is 62.7 Å². The highest BCUT2D eigenvalue weighted by Crippen LogP contribution is 2.21. The third kappa shape index (κ3) is 4.15. The van der Waals surface area contributed by atoms with E-state index in [-0.39, 0.29) is 5.91 Å². The SMILES string of the molecule is COc1ccc(N2CCCN(C(=O)c3ccc(-n4nc(C)cc4C)nc3)CC2)cc1. The summed E-state index contributed by atoms with van der Waals surface area (Å²) in [6.45, 7) is 7.10. The fourth-order valence-corrected chi connectivity index (χ4v) is 3.85. The number of pyridine rings is 1. The number of aromatic nitrogens is 3. The fourth-order valence-electron chi connectivity index (χ4n) is 3.85. The first-order valence-corrected chi connectivity index (χ1v) is 10.2. The van der Waals surface area contributed by atoms with Crippen LogP contribution >= 0.6 is 0 Å². The molecule has 0 atom stereocenters. The number of anilines is 1. The van der Waals surface area contributed by atoms with Gasteiger partial charge in [0.25, 0.3) is 5.91 Å². The van der Waals surface area contributed by atoms with Gasteiger partial charge in [-0.1, -0.05) is 0 Å². The van der Waals surface area contributed by atoms with E-state index in [0.29, 0.717) is 12.1 Å². The first kappa shape index (κ1) is 19.9. The molecular weight excluding hydrogens is 378 g/mol. The second-order valence-electron chi connectivity index (χ2n) is 7.57. The largest absolute Gasteiger partial charge is 0.497 e. The van der Waals surface area contributed by atoms with Crippen LogP contribution in [0, 0.1) is 13.8 Å². The molecule has 0 N–H and O–H groups in total. The number of methoxy groups -OCH3 is 1. The van der Waals surface area contributed by atoms with Crippen molar-refractivity contribution in [1.29, 1.82) is 0 Å². The summed E-state index contributed by atoms with van der Waals surface area (Å²) in [6.07, 6.45) is 2.58. The quantitative estimate of drug-likeness (QED) is 0.667. The standard InChI is InChI=1S/C23H27N5O2/c1-17-15-18(2)28(25-17)22-10-5-19(16-24-22)23(29)27-12-4-11-26(13-14-27)20-6-8-21(30-3)9-7-20/h5-10,15-16H,4,11-14H2,1-3H3. The molecule has 1 aliphatic heterocycles. The molecule has 3 heterocycles. The highest BCUT2D eigenvalue weighted by atomic mass is 16.5. The Morgan fingerprint density at radius 2 is 1.80 bits per heavy atom. The van der Waals surface area contributed by atoms with E-state index in [4.69, 9.17) is 4.74 Å². The van der Waals surface area contributed by atoms with Gasteiger partial charge < -0.3 is 14.5 Å². The second-order valence-corrected chi connectivity index (χ2v) is 7.57. The van der Waals surface area contributed by atoms with Gasteiger partial charge in [0, 0.05) is 43.8 Å². The third-order valence-corrected chi connectivity index (χ3v) is 5.44. The van der Waals surface area contributed by atoms with Gasteiger partial charge >= 0.3 is 0 Å². The summed E-state index contributed by atoms with van der Waals surface area (Å²) in [7, 11) is 1.67. The van der Waals surface area contributed by atoms with Crippen LogP contribution in [0.1, 0.15) is 28.2 Å². The van der Waals surface area contributed by atoms with E-state index < -0.39 is 0 Å². The lowest BCUT2D eigenvalue weighted by Gasteiger charge is -2.24. The maximum Gasteiger partial charge on any atom is 0.255 e. The van der Waals surface area contributed by atoms with Gasteiger partial charge in [-0.15, -0.1) is 0 Å². The summed E-state index contributed by atoms with van der Waals surface area (Å²) in [5.41, 5.74) is 3.73. The summed E-state index contributed by atoms with van der Waals surface area (Å²) >= 11 is 0. The molecule has 1 aromatic carbocycles. The number of carbonyl (C=O) groups excluding carboxylic acids is 1. The van der Waals surface area contributed by atoms with E-state index in [1.54, 1.807) is 18.0 Å². The molecule has 2 aromatic heterocycles. The summed E-state index contributed by atoms with van der Waals surface area (Å²) in [5, 5.41) is 4.45. The van der Waals surface area contributed by atoms with Crippen molar-refractivity contribution in [1.82, 2.24) is 19.7 Å². The maximum absolute atomic E-state index is 13.0. The second kappa shape index (κ2) is 8.57. The third-order valence-electron chi connectivity index (χ3n) is 5.44. The molecule has 0 spiro atoms. The van der Waals surface area contributed by atoms with Crippen LogP contribution in [-0.4, -0.2) is 58.9 Å². The zero-order chi connectivity index (χ0) is 21.1. The van der Waals surface area contributed by atoms with Gasteiger partial charge in [-0.3, -0.25) is 4.79 Å². The van der Waals surface area contributed by atoms with Crippen LogP contribution in [0.4, 0.5) is 5.69 Å². The Morgan fingerprint density at radius 3 is 2.43 bits per heavy atom. The molecule has 4 rings (SSSR count). The Labute approximate surface area is 176 Å².